The predicted molar refractivity (Wildman–Crippen MR) is 113 cm³/mol. The first-order chi connectivity index (χ1) is 14.8. The summed E-state index contributed by atoms with van der Waals surface area (Å²) in [6.45, 7) is 5.74. The van der Waals surface area contributed by atoms with Gasteiger partial charge in [0.05, 0.1) is 6.04 Å². The number of aromatic hydroxyl groups is 1. The lowest BCUT2D eigenvalue weighted by molar-refractivity contribution is 0.00343. The number of ether oxygens (including phenoxy) is 2. The molecule has 0 radical (unpaired) electrons. The Balaban J connectivity index is 1.93. The highest BCUT2D eigenvalue weighted by atomic mass is 35.5. The van der Waals surface area contributed by atoms with E-state index in [0.29, 0.717) is 13.0 Å². The SMILES string of the molecule is CC(C)(C)OC(=O)N1CCCC[C@H]1COc1nc(Cl)c(F)c2nc(S(C)(=O)=O)nc(O)c12. The van der Waals surface area contributed by atoms with Gasteiger partial charge in [0.2, 0.25) is 21.6 Å². The second kappa shape index (κ2) is 8.81. The third-order valence-corrected chi connectivity index (χ3v) is 5.77. The summed E-state index contributed by atoms with van der Waals surface area (Å²) in [5.41, 5.74) is -1.21. The van der Waals surface area contributed by atoms with Gasteiger partial charge >= 0.3 is 6.09 Å². The molecule has 0 bridgehead atoms. The molecule has 13 heteroatoms. The number of pyridine rings is 1. The van der Waals surface area contributed by atoms with Gasteiger partial charge in [-0.1, -0.05) is 11.6 Å². The van der Waals surface area contributed by atoms with Gasteiger partial charge in [-0.05, 0) is 40.0 Å². The number of halogens is 2. The van der Waals surface area contributed by atoms with E-state index in [1.807, 2.05) is 0 Å². The van der Waals surface area contributed by atoms with Crippen LogP contribution in [0.5, 0.6) is 11.8 Å². The molecular weight excluding hydrogens is 467 g/mol. The molecule has 1 aliphatic rings. The van der Waals surface area contributed by atoms with Crippen molar-refractivity contribution in [3.63, 3.8) is 0 Å². The predicted octanol–water partition coefficient (Wildman–Crippen LogP) is 3.09. The van der Waals surface area contributed by atoms with Crippen LogP contribution in [0.1, 0.15) is 40.0 Å². The molecule has 1 aliphatic heterocycles. The molecule has 10 nitrogen and oxygen atoms in total. The fourth-order valence-electron chi connectivity index (χ4n) is 3.26. The number of hydrogen-bond donors (Lipinski definition) is 1. The highest BCUT2D eigenvalue weighted by Crippen LogP contribution is 2.35. The second-order valence-electron chi connectivity index (χ2n) is 8.48. The highest BCUT2D eigenvalue weighted by Gasteiger charge is 2.32. The summed E-state index contributed by atoms with van der Waals surface area (Å²) in [4.78, 5) is 25.2. The number of carbonyl (C=O) groups excluding carboxylic acids is 1. The maximum absolute atomic E-state index is 14.5. The van der Waals surface area contributed by atoms with Crippen LogP contribution < -0.4 is 4.74 Å². The normalized spacial score (nSPS) is 17.4. The molecule has 0 aliphatic carbocycles. The van der Waals surface area contributed by atoms with E-state index in [9.17, 15) is 22.7 Å². The number of aromatic nitrogens is 3. The minimum absolute atomic E-state index is 0.0451. The van der Waals surface area contributed by atoms with E-state index in [-0.39, 0.29) is 23.9 Å². The lowest BCUT2D eigenvalue weighted by Crippen LogP contribution is -2.48. The topological polar surface area (TPSA) is 132 Å². The van der Waals surface area contributed by atoms with Crippen molar-refractivity contribution in [2.75, 3.05) is 19.4 Å². The molecule has 0 saturated carbocycles. The highest BCUT2D eigenvalue weighted by molar-refractivity contribution is 7.90. The van der Waals surface area contributed by atoms with Gasteiger partial charge in [0.25, 0.3) is 5.16 Å². The molecule has 1 saturated heterocycles. The Kier molecular flexibility index (Phi) is 6.66. The van der Waals surface area contributed by atoms with E-state index < -0.39 is 49.1 Å². The number of fused-ring (bicyclic) bond motifs is 1. The van der Waals surface area contributed by atoms with Gasteiger partial charge in [-0.2, -0.15) is 9.97 Å². The zero-order chi connectivity index (χ0) is 23.8. The Morgan fingerprint density at radius 2 is 1.97 bits per heavy atom. The van der Waals surface area contributed by atoms with Crippen molar-refractivity contribution in [1.82, 2.24) is 19.9 Å². The van der Waals surface area contributed by atoms with Crippen LogP contribution in [-0.4, -0.2) is 70.5 Å². The Morgan fingerprint density at radius 3 is 2.59 bits per heavy atom. The number of hydrogen-bond acceptors (Lipinski definition) is 9. The van der Waals surface area contributed by atoms with Crippen molar-refractivity contribution < 1.29 is 32.2 Å². The zero-order valence-corrected chi connectivity index (χ0v) is 19.6. The Morgan fingerprint density at radius 1 is 1.28 bits per heavy atom. The monoisotopic (exact) mass is 490 g/mol. The Hall–Kier alpha value is -2.47. The summed E-state index contributed by atoms with van der Waals surface area (Å²) >= 11 is 5.84. The van der Waals surface area contributed by atoms with Crippen molar-refractivity contribution in [3.8, 4) is 11.8 Å². The molecule has 1 amide bonds. The Labute approximate surface area is 189 Å². The van der Waals surface area contributed by atoms with Crippen molar-refractivity contribution in [2.45, 2.75) is 56.8 Å². The van der Waals surface area contributed by atoms with Gasteiger partial charge in [-0.25, -0.2) is 22.6 Å². The summed E-state index contributed by atoms with van der Waals surface area (Å²) in [5.74, 6) is -2.22. The van der Waals surface area contributed by atoms with Crippen LogP contribution in [0.15, 0.2) is 5.16 Å². The molecule has 32 heavy (non-hydrogen) atoms. The van der Waals surface area contributed by atoms with Gasteiger partial charge in [-0.15, -0.1) is 0 Å². The quantitative estimate of drug-likeness (QED) is 0.507. The van der Waals surface area contributed by atoms with E-state index in [4.69, 9.17) is 21.1 Å². The average molecular weight is 491 g/mol. The van der Waals surface area contributed by atoms with E-state index in [1.54, 1.807) is 25.7 Å². The van der Waals surface area contributed by atoms with Crippen LogP contribution in [0, 0.1) is 5.82 Å². The first-order valence-corrected chi connectivity index (χ1v) is 12.1. The molecule has 1 atom stereocenters. The van der Waals surface area contributed by atoms with Gasteiger partial charge < -0.3 is 19.5 Å². The summed E-state index contributed by atoms with van der Waals surface area (Å²) in [5, 5.41) is 8.59. The molecule has 1 N–H and O–H groups in total. The number of nitrogens with zero attached hydrogens (tertiary/aromatic N) is 4. The number of amides is 1. The van der Waals surface area contributed by atoms with Gasteiger partial charge in [0, 0.05) is 12.8 Å². The average Bonchev–Trinajstić information content (AvgIpc) is 2.67. The van der Waals surface area contributed by atoms with Crippen molar-refractivity contribution in [3.05, 3.63) is 11.0 Å². The molecule has 176 valence electrons. The standard InChI is InChI=1S/C19H24ClFN4O6S/c1-19(2,3)31-18(27)25-8-6-5-7-10(25)9-30-16-11-13(12(21)14(20)23-16)22-17(24-15(11)26)32(4,28)29/h10H,5-9H2,1-4H3,(H,22,24,26)/t10-/m0/s1. The van der Waals surface area contributed by atoms with E-state index >= 15 is 0 Å². The maximum Gasteiger partial charge on any atom is 0.410 e. The zero-order valence-electron chi connectivity index (χ0n) is 18.1. The second-order valence-corrected chi connectivity index (χ2v) is 10.7. The minimum Gasteiger partial charge on any atom is -0.493 e. The summed E-state index contributed by atoms with van der Waals surface area (Å²) < 4.78 is 49.2. The van der Waals surface area contributed by atoms with Crippen molar-refractivity contribution in [1.29, 1.82) is 0 Å². The van der Waals surface area contributed by atoms with Crippen molar-refractivity contribution in [2.24, 2.45) is 0 Å². The smallest absolute Gasteiger partial charge is 0.410 e. The van der Waals surface area contributed by atoms with Gasteiger partial charge in [-0.3, -0.25) is 0 Å². The van der Waals surface area contributed by atoms with Gasteiger partial charge in [0.15, 0.2) is 11.0 Å². The van der Waals surface area contributed by atoms with Gasteiger partial charge in [0.1, 0.15) is 23.1 Å². The first-order valence-electron chi connectivity index (χ1n) is 9.86. The summed E-state index contributed by atoms with van der Waals surface area (Å²) in [7, 11) is -3.93. The Bertz CT molecular complexity index is 1150. The van der Waals surface area contributed by atoms with Crippen LogP contribution in [-0.2, 0) is 14.6 Å². The largest absolute Gasteiger partial charge is 0.493 e. The van der Waals surface area contributed by atoms with Crippen LogP contribution in [0.25, 0.3) is 10.9 Å². The molecule has 1 fully saturated rings. The number of sulfone groups is 1. The number of likely N-dealkylation sites (tertiary alicyclic amines) is 1. The van der Waals surface area contributed by atoms with Crippen LogP contribution in [0.2, 0.25) is 5.15 Å². The molecule has 3 heterocycles. The number of rotatable bonds is 4. The molecular formula is C19H24ClFN4O6S. The molecule has 2 aromatic rings. The molecule has 0 unspecified atom stereocenters. The van der Waals surface area contributed by atoms with E-state index in [1.165, 1.54) is 0 Å². The minimum atomic E-state index is -3.93. The van der Waals surface area contributed by atoms with Crippen LogP contribution >= 0.6 is 11.6 Å². The number of piperidine rings is 1. The fraction of sp³-hybridized carbons (Fsp3) is 0.579. The van der Waals surface area contributed by atoms with Crippen LogP contribution in [0.3, 0.4) is 0 Å². The lowest BCUT2D eigenvalue weighted by atomic mass is 10.0. The molecule has 0 aromatic carbocycles. The van der Waals surface area contributed by atoms with Crippen molar-refractivity contribution >= 4 is 38.4 Å². The summed E-state index contributed by atoms with van der Waals surface area (Å²) in [6.07, 6.45) is 2.64. The van der Waals surface area contributed by atoms with E-state index in [2.05, 4.69) is 15.0 Å². The molecule has 3 rings (SSSR count). The third kappa shape index (κ3) is 5.29. The molecule has 2 aromatic heterocycles. The third-order valence-electron chi connectivity index (χ3n) is 4.67. The lowest BCUT2D eigenvalue weighted by Gasteiger charge is -2.36. The van der Waals surface area contributed by atoms with Crippen LogP contribution in [0.4, 0.5) is 9.18 Å². The number of carbonyl (C=O) groups is 1. The first kappa shape index (κ1) is 24.2. The van der Waals surface area contributed by atoms with E-state index in [0.717, 1.165) is 19.1 Å². The molecule has 0 spiro atoms. The fourth-order valence-corrected chi connectivity index (χ4v) is 3.93. The summed E-state index contributed by atoms with van der Waals surface area (Å²) in [6, 6.07) is -0.363. The maximum atomic E-state index is 14.5.